The number of aliphatic hydroxyl groups excluding tert-OH is 1. The van der Waals surface area contributed by atoms with E-state index in [1.54, 1.807) is 12.2 Å². The first-order valence-electron chi connectivity index (χ1n) is 3.18. The number of hydrogen-bond donors (Lipinski definition) is 1. The summed E-state index contributed by atoms with van der Waals surface area (Å²) in [6, 6.07) is 0. The van der Waals surface area contributed by atoms with Crippen LogP contribution in [0.2, 0.25) is 0 Å². The Balaban J connectivity index is 2.51. The lowest BCUT2D eigenvalue weighted by Crippen LogP contribution is -2.23. The van der Waals surface area contributed by atoms with Gasteiger partial charge in [0.05, 0.1) is 19.1 Å². The molecule has 3 heteroatoms. The predicted octanol–water partition coefficient (Wildman–Crippen LogP) is 0.0964. The molecule has 0 heterocycles. The molecular formula is C7H10O3. The molecule has 0 saturated carbocycles. The summed E-state index contributed by atoms with van der Waals surface area (Å²) in [5.41, 5.74) is 0. The Morgan fingerprint density at radius 2 is 2.50 bits per heavy atom. The van der Waals surface area contributed by atoms with Crippen molar-refractivity contribution >= 4 is 5.97 Å². The second-order valence-electron chi connectivity index (χ2n) is 2.28. The van der Waals surface area contributed by atoms with Gasteiger partial charge in [0.15, 0.2) is 0 Å². The molecule has 0 unspecified atom stereocenters. The van der Waals surface area contributed by atoms with Crippen LogP contribution in [0.25, 0.3) is 0 Å². The Morgan fingerprint density at radius 1 is 1.80 bits per heavy atom. The second-order valence-corrected chi connectivity index (χ2v) is 2.28. The van der Waals surface area contributed by atoms with E-state index in [0.29, 0.717) is 6.42 Å². The van der Waals surface area contributed by atoms with Gasteiger partial charge in [0.1, 0.15) is 0 Å². The highest BCUT2D eigenvalue weighted by Gasteiger charge is 2.28. The van der Waals surface area contributed by atoms with Crippen LogP contribution in [-0.4, -0.2) is 24.3 Å². The molecule has 1 rings (SSSR count). The number of methoxy groups -OCH3 is 1. The molecular weight excluding hydrogens is 132 g/mol. The third-order valence-corrected chi connectivity index (χ3v) is 1.64. The van der Waals surface area contributed by atoms with E-state index in [9.17, 15) is 4.79 Å². The van der Waals surface area contributed by atoms with E-state index in [1.807, 2.05) is 0 Å². The number of esters is 1. The number of ether oxygens (including phenoxy) is 1. The van der Waals surface area contributed by atoms with Crippen LogP contribution < -0.4 is 0 Å². The highest BCUT2D eigenvalue weighted by atomic mass is 16.5. The first-order valence-corrected chi connectivity index (χ1v) is 3.18. The SMILES string of the molecule is COC(=O)[C@H]1CC=C[C@H]1O. The quantitative estimate of drug-likeness (QED) is 0.417. The molecule has 0 fully saturated rings. The zero-order valence-electron chi connectivity index (χ0n) is 5.78. The molecule has 0 saturated heterocycles. The van der Waals surface area contributed by atoms with Crippen molar-refractivity contribution in [2.24, 2.45) is 5.92 Å². The number of carbonyl (C=O) groups is 1. The van der Waals surface area contributed by atoms with Crippen LogP contribution in [0.15, 0.2) is 12.2 Å². The Bertz CT molecular complexity index is 162. The van der Waals surface area contributed by atoms with Gasteiger partial charge in [-0.3, -0.25) is 4.79 Å². The van der Waals surface area contributed by atoms with E-state index in [4.69, 9.17) is 5.11 Å². The van der Waals surface area contributed by atoms with Gasteiger partial charge in [-0.2, -0.15) is 0 Å². The Morgan fingerprint density at radius 3 is 2.90 bits per heavy atom. The third kappa shape index (κ3) is 1.19. The normalized spacial score (nSPS) is 30.6. The summed E-state index contributed by atoms with van der Waals surface area (Å²) >= 11 is 0. The minimum Gasteiger partial charge on any atom is -0.469 e. The summed E-state index contributed by atoms with van der Waals surface area (Å²) in [4.78, 5) is 10.8. The van der Waals surface area contributed by atoms with Crippen molar-refractivity contribution in [1.82, 2.24) is 0 Å². The van der Waals surface area contributed by atoms with Crippen LogP contribution in [0.4, 0.5) is 0 Å². The molecule has 10 heavy (non-hydrogen) atoms. The molecule has 0 aromatic heterocycles. The van der Waals surface area contributed by atoms with Crippen molar-refractivity contribution in [3.63, 3.8) is 0 Å². The van der Waals surface area contributed by atoms with E-state index in [2.05, 4.69) is 4.74 Å². The number of aliphatic hydroxyl groups is 1. The molecule has 0 radical (unpaired) electrons. The molecule has 0 spiro atoms. The monoisotopic (exact) mass is 142 g/mol. The maximum atomic E-state index is 10.8. The lowest BCUT2D eigenvalue weighted by Gasteiger charge is -2.10. The van der Waals surface area contributed by atoms with Crippen LogP contribution in [0.1, 0.15) is 6.42 Å². The van der Waals surface area contributed by atoms with Gasteiger partial charge < -0.3 is 9.84 Å². The zero-order chi connectivity index (χ0) is 7.56. The summed E-state index contributed by atoms with van der Waals surface area (Å²) in [5, 5.41) is 9.10. The summed E-state index contributed by atoms with van der Waals surface area (Å²) in [5.74, 6) is -0.706. The molecule has 0 bridgehead atoms. The third-order valence-electron chi connectivity index (χ3n) is 1.64. The van der Waals surface area contributed by atoms with Gasteiger partial charge in [-0.1, -0.05) is 12.2 Å². The Kier molecular flexibility index (Phi) is 2.06. The van der Waals surface area contributed by atoms with Crippen molar-refractivity contribution in [3.05, 3.63) is 12.2 Å². The van der Waals surface area contributed by atoms with Crippen LogP contribution in [0, 0.1) is 5.92 Å². The minimum absolute atomic E-state index is 0.336. The van der Waals surface area contributed by atoms with Crippen molar-refractivity contribution in [2.75, 3.05) is 7.11 Å². The predicted molar refractivity (Wildman–Crippen MR) is 35.3 cm³/mol. The molecule has 1 N–H and O–H groups in total. The van der Waals surface area contributed by atoms with Crippen molar-refractivity contribution < 1.29 is 14.6 Å². The Labute approximate surface area is 59.3 Å². The number of hydrogen-bond acceptors (Lipinski definition) is 3. The van der Waals surface area contributed by atoms with Crippen LogP contribution >= 0.6 is 0 Å². The van der Waals surface area contributed by atoms with E-state index < -0.39 is 6.10 Å². The van der Waals surface area contributed by atoms with Crippen LogP contribution in [0.5, 0.6) is 0 Å². The fourth-order valence-corrected chi connectivity index (χ4v) is 1.03. The van der Waals surface area contributed by atoms with Gasteiger partial charge in [0, 0.05) is 0 Å². The molecule has 1 aliphatic carbocycles. The number of carbonyl (C=O) groups excluding carboxylic acids is 1. The van der Waals surface area contributed by atoms with Gasteiger partial charge in [0.25, 0.3) is 0 Å². The standard InChI is InChI=1S/C7H10O3/c1-10-7(9)5-3-2-4-6(5)8/h2,4-6,8H,3H2,1H3/t5-,6+/m0/s1. The maximum absolute atomic E-state index is 10.8. The molecule has 56 valence electrons. The average molecular weight is 142 g/mol. The Hall–Kier alpha value is -0.830. The van der Waals surface area contributed by atoms with Crippen molar-refractivity contribution in [2.45, 2.75) is 12.5 Å². The first-order chi connectivity index (χ1) is 4.75. The number of rotatable bonds is 1. The lowest BCUT2D eigenvalue weighted by atomic mass is 10.1. The molecule has 0 amide bonds. The highest BCUT2D eigenvalue weighted by Crippen LogP contribution is 2.19. The van der Waals surface area contributed by atoms with E-state index >= 15 is 0 Å². The highest BCUT2D eigenvalue weighted by molar-refractivity contribution is 5.74. The maximum Gasteiger partial charge on any atom is 0.311 e. The van der Waals surface area contributed by atoms with Gasteiger partial charge in [0.2, 0.25) is 0 Å². The van der Waals surface area contributed by atoms with Gasteiger partial charge in [-0.25, -0.2) is 0 Å². The lowest BCUT2D eigenvalue weighted by molar-refractivity contribution is -0.147. The van der Waals surface area contributed by atoms with E-state index in [1.165, 1.54) is 7.11 Å². The molecule has 0 aliphatic heterocycles. The van der Waals surface area contributed by atoms with Crippen LogP contribution in [-0.2, 0) is 9.53 Å². The summed E-state index contributed by atoms with van der Waals surface area (Å²) in [7, 11) is 1.33. The van der Waals surface area contributed by atoms with Crippen molar-refractivity contribution in [3.8, 4) is 0 Å². The minimum atomic E-state index is -0.646. The molecule has 1 aliphatic rings. The van der Waals surface area contributed by atoms with E-state index in [0.717, 1.165) is 0 Å². The molecule has 0 aromatic carbocycles. The average Bonchev–Trinajstić information content (AvgIpc) is 2.34. The number of allylic oxidation sites excluding steroid dienone is 1. The fraction of sp³-hybridized carbons (Fsp3) is 0.571. The summed E-state index contributed by atoms with van der Waals surface area (Å²) < 4.78 is 4.47. The summed E-state index contributed by atoms with van der Waals surface area (Å²) in [6.07, 6.45) is 3.34. The van der Waals surface area contributed by atoms with Crippen LogP contribution in [0.3, 0.4) is 0 Å². The molecule has 3 nitrogen and oxygen atoms in total. The zero-order valence-corrected chi connectivity index (χ0v) is 5.78. The largest absolute Gasteiger partial charge is 0.469 e. The second kappa shape index (κ2) is 2.84. The topological polar surface area (TPSA) is 46.5 Å². The van der Waals surface area contributed by atoms with Gasteiger partial charge in [-0.15, -0.1) is 0 Å². The van der Waals surface area contributed by atoms with Gasteiger partial charge in [-0.05, 0) is 6.42 Å². The fourth-order valence-electron chi connectivity index (χ4n) is 1.03. The van der Waals surface area contributed by atoms with Crippen molar-refractivity contribution in [1.29, 1.82) is 0 Å². The first kappa shape index (κ1) is 7.28. The smallest absolute Gasteiger partial charge is 0.311 e. The van der Waals surface area contributed by atoms with E-state index in [-0.39, 0.29) is 11.9 Å². The molecule has 0 aromatic rings. The van der Waals surface area contributed by atoms with Gasteiger partial charge >= 0.3 is 5.97 Å². The summed E-state index contributed by atoms with van der Waals surface area (Å²) in [6.45, 7) is 0. The molecule has 2 atom stereocenters.